The molecule has 0 radical (unpaired) electrons. The zero-order valence-electron chi connectivity index (χ0n) is 35.0. The fourth-order valence-electron chi connectivity index (χ4n) is 10.5. The summed E-state index contributed by atoms with van der Waals surface area (Å²) in [6, 6.07) is 7.38. The number of carbonyl (C=O) groups excluding carboxylic acids is 4. The Hall–Kier alpha value is -3.32. The minimum Gasteiger partial charge on any atom is -0.455 e. The Kier molecular flexibility index (Phi) is 12.6. The van der Waals surface area contributed by atoms with E-state index in [-0.39, 0.29) is 30.9 Å². The summed E-state index contributed by atoms with van der Waals surface area (Å²) >= 11 is 0. The molecule has 12 heteroatoms. The lowest BCUT2D eigenvalue weighted by atomic mass is 9.40. The lowest BCUT2D eigenvalue weighted by molar-refractivity contribution is -0.302. The van der Waals surface area contributed by atoms with Gasteiger partial charge in [-0.25, -0.2) is 9.59 Å². The van der Waals surface area contributed by atoms with Crippen LogP contribution < -0.4 is 5.32 Å². The molecule has 4 N–H and O–H groups in total. The molecule has 3 aliphatic carbocycles. The molecular weight excluding hydrogens is 718 g/mol. The van der Waals surface area contributed by atoms with Gasteiger partial charge in [0, 0.05) is 30.1 Å². The molecule has 3 fully saturated rings. The van der Waals surface area contributed by atoms with Crippen LogP contribution >= 0.6 is 0 Å². The summed E-state index contributed by atoms with van der Waals surface area (Å²) in [5.41, 5.74) is -4.66. The Morgan fingerprint density at radius 1 is 1.02 bits per heavy atom. The molecule has 0 aromatic heterocycles. The van der Waals surface area contributed by atoms with Crippen LogP contribution in [-0.2, 0) is 33.3 Å². The number of unbranched alkanes of at least 4 members (excludes halogenated alkanes) is 4. The average Bonchev–Trinajstić information content (AvgIpc) is 3.11. The highest BCUT2D eigenvalue weighted by Gasteiger charge is 2.73. The number of rotatable bonds is 12. The van der Waals surface area contributed by atoms with E-state index in [9.17, 15) is 34.5 Å². The molecule has 2 bridgehead atoms. The first-order chi connectivity index (χ1) is 26.0. The predicted octanol–water partition coefficient (Wildman–Crippen LogP) is 6.29. The van der Waals surface area contributed by atoms with E-state index in [1.807, 2.05) is 13.8 Å². The van der Waals surface area contributed by atoms with Gasteiger partial charge in [0.2, 0.25) is 6.10 Å². The predicted molar refractivity (Wildman–Crippen MR) is 208 cm³/mol. The number of hydrogen-bond acceptors (Lipinski definition) is 11. The number of aliphatic hydroxyl groups excluding tert-OH is 2. The van der Waals surface area contributed by atoms with Crippen molar-refractivity contribution in [3.8, 4) is 0 Å². The van der Waals surface area contributed by atoms with Crippen LogP contribution in [0.1, 0.15) is 132 Å². The zero-order valence-corrected chi connectivity index (χ0v) is 35.0. The van der Waals surface area contributed by atoms with Crippen molar-refractivity contribution >= 4 is 23.8 Å². The summed E-state index contributed by atoms with van der Waals surface area (Å²) in [6.45, 7) is 18.4. The molecule has 56 heavy (non-hydrogen) atoms. The SMILES string of the molecule is CCCCCCCC(=O)O[C@@H](C(=O)O[C@H]1C[C@@]2(O)C(C)C3[C@]4(C)CO[C@@H]4C[C@H](O)[C@@]3(C)C(=O)[C@H](O)C(=C1C)C2(C)C)[C@@H](NC(=O)OC(C)(C)C)c1ccccc1. The van der Waals surface area contributed by atoms with E-state index in [2.05, 4.69) is 12.2 Å². The van der Waals surface area contributed by atoms with Crippen LogP contribution in [0, 0.1) is 28.1 Å². The number of esters is 2. The van der Waals surface area contributed by atoms with Gasteiger partial charge >= 0.3 is 18.0 Å². The number of carbonyl (C=O) groups is 4. The Bertz CT molecular complexity index is 1670. The van der Waals surface area contributed by atoms with Crippen LogP contribution in [0.2, 0.25) is 0 Å². The van der Waals surface area contributed by atoms with Gasteiger partial charge in [-0.05, 0) is 69.6 Å². The van der Waals surface area contributed by atoms with Crippen LogP contribution in [-0.4, -0.2) is 87.5 Å². The number of aliphatic hydroxyl groups is 3. The third-order valence-corrected chi connectivity index (χ3v) is 13.7. The summed E-state index contributed by atoms with van der Waals surface area (Å²) in [4.78, 5) is 56.0. The molecule has 5 rings (SSSR count). The van der Waals surface area contributed by atoms with Crippen molar-refractivity contribution in [2.24, 2.45) is 28.1 Å². The van der Waals surface area contributed by atoms with Crippen molar-refractivity contribution in [2.45, 2.75) is 168 Å². The maximum atomic E-state index is 14.7. The zero-order chi connectivity index (χ0) is 41.6. The molecular formula is C44H65NO11. The maximum Gasteiger partial charge on any atom is 0.408 e. The Morgan fingerprint density at radius 2 is 1.66 bits per heavy atom. The number of ether oxygens (including phenoxy) is 4. The molecule has 2 unspecified atom stereocenters. The number of hydrogen-bond donors (Lipinski definition) is 4. The molecule has 11 atom stereocenters. The molecule has 1 heterocycles. The number of fused-ring (bicyclic) bond motifs is 5. The first-order valence-electron chi connectivity index (χ1n) is 20.4. The molecule has 1 amide bonds. The standard InChI is InChI=1S/C44H65NO11/c1-11-12-13-14-18-21-31(47)55-35(33(27-19-16-15-17-20-27)45-39(51)56-40(4,5)6)38(50)54-28-23-44(52)26(3)36-42(9)24-53-30(42)22-29(46)43(36,10)37(49)34(48)32(25(28)2)41(44,7)8/h15-17,19-20,26,28-30,33-36,46,48,52H,11-14,18,21-24H2,1-10H3,(H,45,51)/t26?,28-,29-,30+,33-,34+,35+,36?,42+,43+,44+/m0/s1. The number of amides is 1. The van der Waals surface area contributed by atoms with Gasteiger partial charge in [0.05, 0.1) is 29.8 Å². The van der Waals surface area contributed by atoms with E-state index >= 15 is 0 Å². The van der Waals surface area contributed by atoms with Gasteiger partial charge in [0.1, 0.15) is 23.9 Å². The van der Waals surface area contributed by atoms with Gasteiger partial charge in [-0.15, -0.1) is 0 Å². The Balaban J connectivity index is 1.56. The van der Waals surface area contributed by atoms with Crippen LogP contribution in [0.3, 0.4) is 0 Å². The van der Waals surface area contributed by atoms with Gasteiger partial charge in [-0.3, -0.25) is 9.59 Å². The molecule has 1 aliphatic heterocycles. The third-order valence-electron chi connectivity index (χ3n) is 13.7. The second kappa shape index (κ2) is 16.1. The van der Waals surface area contributed by atoms with Gasteiger partial charge in [-0.2, -0.15) is 0 Å². The monoisotopic (exact) mass is 783 g/mol. The van der Waals surface area contributed by atoms with E-state index in [1.165, 1.54) is 0 Å². The Labute approximate surface area is 332 Å². The van der Waals surface area contributed by atoms with Gasteiger partial charge < -0.3 is 39.6 Å². The first-order valence-corrected chi connectivity index (χ1v) is 20.4. The van der Waals surface area contributed by atoms with Crippen molar-refractivity contribution in [3.63, 3.8) is 0 Å². The number of ketones is 1. The summed E-state index contributed by atoms with van der Waals surface area (Å²) in [5, 5.41) is 39.5. The van der Waals surface area contributed by atoms with E-state index < -0.39 is 93.6 Å². The molecule has 2 saturated carbocycles. The summed E-state index contributed by atoms with van der Waals surface area (Å²) < 4.78 is 23.7. The minimum atomic E-state index is -1.72. The van der Waals surface area contributed by atoms with E-state index in [0.29, 0.717) is 24.2 Å². The number of alkyl carbamates (subject to hydrolysis) is 1. The van der Waals surface area contributed by atoms with Crippen molar-refractivity contribution in [1.82, 2.24) is 5.32 Å². The van der Waals surface area contributed by atoms with E-state index in [0.717, 1.165) is 25.7 Å². The van der Waals surface area contributed by atoms with Crippen molar-refractivity contribution in [3.05, 3.63) is 47.0 Å². The second-order valence-electron chi connectivity index (χ2n) is 18.8. The fourth-order valence-corrected chi connectivity index (χ4v) is 10.5. The van der Waals surface area contributed by atoms with Gasteiger partial charge in [0.25, 0.3) is 0 Å². The van der Waals surface area contributed by atoms with Crippen LogP contribution in [0.25, 0.3) is 0 Å². The van der Waals surface area contributed by atoms with Crippen LogP contribution in [0.15, 0.2) is 41.5 Å². The third kappa shape index (κ3) is 7.79. The molecule has 4 aliphatic rings. The van der Waals surface area contributed by atoms with E-state index in [1.54, 1.807) is 78.8 Å². The van der Waals surface area contributed by atoms with Crippen molar-refractivity contribution < 1.29 is 53.4 Å². The average molecular weight is 784 g/mol. The quantitative estimate of drug-likeness (QED) is 0.0811. The highest BCUT2D eigenvalue weighted by molar-refractivity contribution is 5.93. The van der Waals surface area contributed by atoms with Crippen molar-refractivity contribution in [2.75, 3.05) is 6.61 Å². The lowest BCUT2D eigenvalue weighted by Gasteiger charge is -2.68. The first kappa shape index (κ1) is 43.8. The normalized spacial score (nSPS) is 34.7. The minimum absolute atomic E-state index is 0.0448. The maximum absolute atomic E-state index is 14.7. The van der Waals surface area contributed by atoms with Crippen LogP contribution in [0.5, 0.6) is 0 Å². The molecule has 1 aromatic carbocycles. The number of Topliss-reactive ketones (excluding diaryl/α,β-unsaturated/α-hetero) is 1. The smallest absolute Gasteiger partial charge is 0.408 e. The molecule has 0 spiro atoms. The van der Waals surface area contributed by atoms with Crippen LogP contribution in [0.4, 0.5) is 4.79 Å². The topological polar surface area (TPSA) is 178 Å². The molecule has 1 aromatic rings. The number of benzene rings is 1. The fraction of sp³-hybridized carbons (Fsp3) is 0.727. The van der Waals surface area contributed by atoms with Crippen molar-refractivity contribution in [1.29, 1.82) is 0 Å². The number of nitrogens with one attached hydrogen (secondary N) is 1. The molecule has 12 nitrogen and oxygen atoms in total. The molecule has 1 saturated heterocycles. The van der Waals surface area contributed by atoms with Gasteiger partial charge in [0.15, 0.2) is 5.78 Å². The summed E-state index contributed by atoms with van der Waals surface area (Å²) in [6.07, 6.45) is -2.30. The van der Waals surface area contributed by atoms with E-state index in [4.69, 9.17) is 18.9 Å². The Morgan fingerprint density at radius 3 is 2.25 bits per heavy atom. The summed E-state index contributed by atoms with van der Waals surface area (Å²) in [7, 11) is 0. The highest BCUT2D eigenvalue weighted by atomic mass is 16.6. The largest absolute Gasteiger partial charge is 0.455 e. The van der Waals surface area contributed by atoms with Gasteiger partial charge in [-0.1, -0.05) is 90.6 Å². The lowest BCUT2D eigenvalue weighted by Crippen LogP contribution is -2.75. The highest BCUT2D eigenvalue weighted by Crippen LogP contribution is 2.66. The molecule has 312 valence electrons. The summed E-state index contributed by atoms with van der Waals surface area (Å²) in [5.74, 6) is -3.44. The second-order valence-corrected chi connectivity index (χ2v) is 18.8.